The van der Waals surface area contributed by atoms with Gasteiger partial charge in [0.2, 0.25) is 5.91 Å². The average Bonchev–Trinajstić information content (AvgIpc) is 2.80. The highest BCUT2D eigenvalue weighted by Crippen LogP contribution is 2.27. The number of ether oxygens (including phenoxy) is 1. The number of H-pyrrole nitrogens is 1. The highest BCUT2D eigenvalue weighted by atomic mass is 16.5. The van der Waals surface area contributed by atoms with E-state index >= 15 is 0 Å². The van der Waals surface area contributed by atoms with Crippen LogP contribution in [0.4, 0.5) is 0 Å². The number of esters is 1. The van der Waals surface area contributed by atoms with Crippen LogP contribution in [0.25, 0.3) is 0 Å². The zero-order chi connectivity index (χ0) is 15.2. The quantitative estimate of drug-likeness (QED) is 0.591. The third-order valence-electron chi connectivity index (χ3n) is 2.78. The fourth-order valence-electron chi connectivity index (χ4n) is 1.84. The number of nitrogens with zero attached hydrogens (tertiary/aromatic N) is 2. The summed E-state index contributed by atoms with van der Waals surface area (Å²) < 4.78 is 4.98. The number of carbonyl (C=O) groups is 2. The van der Waals surface area contributed by atoms with Gasteiger partial charge < -0.3 is 10.1 Å². The molecule has 1 atom stereocenters. The lowest BCUT2D eigenvalue weighted by Gasteiger charge is -2.27. The Morgan fingerprint density at radius 1 is 1.45 bits per heavy atom. The van der Waals surface area contributed by atoms with E-state index in [1.54, 1.807) is 6.92 Å². The number of carbonyl (C=O) groups excluding carboxylic acids is 2. The van der Waals surface area contributed by atoms with E-state index in [9.17, 15) is 9.59 Å². The number of rotatable bonds is 6. The van der Waals surface area contributed by atoms with E-state index in [-0.39, 0.29) is 12.5 Å². The summed E-state index contributed by atoms with van der Waals surface area (Å²) in [6, 6.07) is 0. The Morgan fingerprint density at radius 3 is 2.65 bits per heavy atom. The topological polar surface area (TPSA) is 97.0 Å². The molecular weight excluding hydrogens is 260 g/mol. The van der Waals surface area contributed by atoms with Gasteiger partial charge in [-0.15, -0.1) is 0 Å². The Morgan fingerprint density at radius 2 is 2.15 bits per heavy atom. The van der Waals surface area contributed by atoms with Crippen LogP contribution in [0.1, 0.15) is 33.5 Å². The van der Waals surface area contributed by atoms with Crippen molar-refractivity contribution in [1.82, 2.24) is 20.5 Å². The molecule has 0 saturated heterocycles. The Labute approximate surface area is 118 Å². The molecule has 0 radical (unpaired) electrons. The molecule has 0 aliphatic rings. The summed E-state index contributed by atoms with van der Waals surface area (Å²) in [5.41, 5.74) is -0.497. The number of amides is 1. The summed E-state index contributed by atoms with van der Waals surface area (Å²) in [6.45, 7) is 7.88. The van der Waals surface area contributed by atoms with Gasteiger partial charge in [-0.2, -0.15) is 5.10 Å². The smallest absolute Gasteiger partial charge is 0.319 e. The van der Waals surface area contributed by atoms with E-state index < -0.39 is 17.3 Å². The van der Waals surface area contributed by atoms with Crippen molar-refractivity contribution < 1.29 is 14.3 Å². The van der Waals surface area contributed by atoms with Crippen LogP contribution in [0.5, 0.6) is 0 Å². The predicted molar refractivity (Wildman–Crippen MR) is 72.7 cm³/mol. The van der Waals surface area contributed by atoms with Crippen molar-refractivity contribution >= 4 is 11.9 Å². The average molecular weight is 282 g/mol. The molecule has 1 aromatic rings. The van der Waals surface area contributed by atoms with Gasteiger partial charge in [-0.1, -0.05) is 20.8 Å². The molecule has 1 amide bonds. The molecule has 1 unspecified atom stereocenters. The molecular formula is C13H22N4O3. The molecule has 7 nitrogen and oxygen atoms in total. The Balaban J connectivity index is 2.57. The van der Waals surface area contributed by atoms with E-state index in [1.165, 1.54) is 6.33 Å². The normalized spacial score (nSPS) is 12.8. The molecule has 0 saturated carbocycles. The van der Waals surface area contributed by atoms with Gasteiger partial charge in [-0.25, -0.2) is 4.98 Å². The van der Waals surface area contributed by atoms with E-state index in [0.717, 1.165) is 0 Å². The summed E-state index contributed by atoms with van der Waals surface area (Å²) in [7, 11) is 0. The van der Waals surface area contributed by atoms with Crippen molar-refractivity contribution in [1.29, 1.82) is 0 Å². The van der Waals surface area contributed by atoms with Gasteiger partial charge in [0.15, 0.2) is 0 Å². The third-order valence-corrected chi connectivity index (χ3v) is 2.78. The maximum Gasteiger partial charge on any atom is 0.319 e. The first-order chi connectivity index (χ1) is 9.36. The largest absolute Gasteiger partial charge is 0.465 e. The molecule has 0 bridgehead atoms. The van der Waals surface area contributed by atoms with E-state index in [0.29, 0.717) is 18.8 Å². The molecule has 1 rings (SSSR count). The fourth-order valence-corrected chi connectivity index (χ4v) is 1.84. The number of nitrogens with one attached hydrogen (secondary N) is 2. The maximum atomic E-state index is 12.2. The Hall–Kier alpha value is -1.92. The molecule has 0 aromatic carbocycles. The highest BCUT2D eigenvalue weighted by Gasteiger charge is 2.38. The van der Waals surface area contributed by atoms with Crippen LogP contribution in [0.3, 0.4) is 0 Å². The second-order valence-corrected chi connectivity index (χ2v) is 5.52. The van der Waals surface area contributed by atoms with Gasteiger partial charge in [0.05, 0.1) is 6.61 Å². The minimum absolute atomic E-state index is 0.261. The van der Waals surface area contributed by atoms with Gasteiger partial charge in [0, 0.05) is 13.0 Å². The summed E-state index contributed by atoms with van der Waals surface area (Å²) in [5.74, 6) is -0.946. The zero-order valence-electron chi connectivity index (χ0n) is 12.4. The first kappa shape index (κ1) is 16.1. The Kier molecular flexibility index (Phi) is 5.66. The van der Waals surface area contributed by atoms with Crippen LogP contribution in [-0.4, -0.2) is 40.2 Å². The lowest BCUT2D eigenvalue weighted by Crippen LogP contribution is -2.44. The second-order valence-electron chi connectivity index (χ2n) is 5.52. The molecule has 20 heavy (non-hydrogen) atoms. The Bertz CT molecular complexity index is 437. The zero-order valence-corrected chi connectivity index (χ0v) is 12.4. The molecule has 112 valence electrons. The van der Waals surface area contributed by atoms with Gasteiger partial charge in [-0.3, -0.25) is 14.7 Å². The van der Waals surface area contributed by atoms with Crippen LogP contribution >= 0.6 is 0 Å². The van der Waals surface area contributed by atoms with Gasteiger partial charge >= 0.3 is 5.97 Å². The molecule has 1 aromatic heterocycles. The van der Waals surface area contributed by atoms with Crippen molar-refractivity contribution in [2.75, 3.05) is 13.2 Å². The monoisotopic (exact) mass is 282 g/mol. The maximum absolute atomic E-state index is 12.2. The summed E-state index contributed by atoms with van der Waals surface area (Å²) in [5, 5.41) is 9.17. The third kappa shape index (κ3) is 4.64. The van der Waals surface area contributed by atoms with Crippen LogP contribution < -0.4 is 5.32 Å². The molecule has 1 heterocycles. The second kappa shape index (κ2) is 7.02. The minimum Gasteiger partial charge on any atom is -0.465 e. The first-order valence-corrected chi connectivity index (χ1v) is 6.64. The van der Waals surface area contributed by atoms with E-state index in [4.69, 9.17) is 4.74 Å². The summed E-state index contributed by atoms with van der Waals surface area (Å²) >= 11 is 0. The fraction of sp³-hybridized carbons (Fsp3) is 0.692. The molecule has 0 spiro atoms. The van der Waals surface area contributed by atoms with Crippen LogP contribution in [0, 0.1) is 11.3 Å². The van der Waals surface area contributed by atoms with Crippen molar-refractivity contribution in [3.8, 4) is 0 Å². The van der Waals surface area contributed by atoms with Gasteiger partial charge in [-0.05, 0) is 12.3 Å². The number of hydrogen-bond donors (Lipinski definition) is 2. The number of aromatic amines is 1. The van der Waals surface area contributed by atoms with Crippen LogP contribution in [0.15, 0.2) is 6.33 Å². The predicted octanol–water partition coefficient (Wildman–Crippen LogP) is 0.689. The van der Waals surface area contributed by atoms with Crippen molar-refractivity contribution in [3.63, 3.8) is 0 Å². The molecule has 0 fully saturated rings. The van der Waals surface area contributed by atoms with Crippen LogP contribution in [-0.2, 0) is 20.7 Å². The lowest BCUT2D eigenvalue weighted by molar-refractivity contribution is -0.156. The van der Waals surface area contributed by atoms with Crippen molar-refractivity contribution in [2.24, 2.45) is 11.3 Å². The number of hydrogen-bond acceptors (Lipinski definition) is 5. The van der Waals surface area contributed by atoms with Crippen LogP contribution in [0.2, 0.25) is 0 Å². The van der Waals surface area contributed by atoms with E-state index in [1.807, 2.05) is 20.8 Å². The van der Waals surface area contributed by atoms with Gasteiger partial charge in [0.25, 0.3) is 0 Å². The first-order valence-electron chi connectivity index (χ1n) is 6.64. The molecule has 0 aliphatic heterocycles. The standard InChI is InChI=1S/C13H22N4O3/c1-5-20-12(19)10(13(2,3)4)11(18)14-7-6-9-15-8-16-17-9/h8,10H,5-7H2,1-4H3,(H,14,18)(H,15,16,17). The highest BCUT2D eigenvalue weighted by molar-refractivity contribution is 5.98. The van der Waals surface area contributed by atoms with Gasteiger partial charge in [0.1, 0.15) is 18.1 Å². The molecule has 2 N–H and O–H groups in total. The lowest BCUT2D eigenvalue weighted by atomic mass is 9.80. The molecule has 7 heteroatoms. The summed E-state index contributed by atoms with van der Waals surface area (Å²) in [6.07, 6.45) is 1.94. The van der Waals surface area contributed by atoms with Crippen molar-refractivity contribution in [2.45, 2.75) is 34.1 Å². The minimum atomic E-state index is -0.822. The van der Waals surface area contributed by atoms with Crippen molar-refractivity contribution in [3.05, 3.63) is 12.2 Å². The summed E-state index contributed by atoms with van der Waals surface area (Å²) in [4.78, 5) is 28.0. The van der Waals surface area contributed by atoms with E-state index in [2.05, 4.69) is 20.5 Å². The number of aromatic nitrogens is 3. The molecule has 0 aliphatic carbocycles. The SMILES string of the molecule is CCOC(=O)C(C(=O)NCCc1ncn[nH]1)C(C)(C)C.